The number of fused-ring (bicyclic) bond motifs is 1. The maximum absolute atomic E-state index is 13.0. The van der Waals surface area contributed by atoms with E-state index in [1.165, 1.54) is 7.11 Å². The van der Waals surface area contributed by atoms with Crippen LogP contribution in [0.2, 0.25) is 0 Å². The lowest BCUT2D eigenvalue weighted by molar-refractivity contribution is 0.288. The Kier molecular flexibility index (Phi) is 7.57. The number of hydrogen-bond acceptors (Lipinski definition) is 4. The molecule has 142 valence electrons. The van der Waals surface area contributed by atoms with Crippen LogP contribution in [0.4, 0.5) is 5.69 Å². The summed E-state index contributed by atoms with van der Waals surface area (Å²) in [5.74, 6) is 0.834. The molecule has 1 aromatic carbocycles. The summed E-state index contributed by atoms with van der Waals surface area (Å²) in [7, 11) is 1.53. The van der Waals surface area contributed by atoms with Crippen LogP contribution >= 0.6 is 0 Å². The lowest BCUT2D eigenvalue weighted by Gasteiger charge is -2.18. The SMILES string of the molecule is C=CCNc1ccc2c(OCCCC)c(OC)c(=O)n(CCCC)c2c1. The van der Waals surface area contributed by atoms with E-state index in [2.05, 4.69) is 25.7 Å². The summed E-state index contributed by atoms with van der Waals surface area (Å²) in [5, 5.41) is 4.18. The average molecular weight is 358 g/mol. The zero-order valence-electron chi connectivity index (χ0n) is 16.1. The van der Waals surface area contributed by atoms with Gasteiger partial charge in [-0.25, -0.2) is 0 Å². The molecule has 0 saturated carbocycles. The van der Waals surface area contributed by atoms with Crippen LogP contribution in [-0.2, 0) is 6.54 Å². The summed E-state index contributed by atoms with van der Waals surface area (Å²) in [4.78, 5) is 13.0. The normalized spacial score (nSPS) is 10.7. The highest BCUT2D eigenvalue weighted by molar-refractivity contribution is 5.90. The van der Waals surface area contributed by atoms with E-state index in [0.29, 0.717) is 25.4 Å². The summed E-state index contributed by atoms with van der Waals surface area (Å²) < 4.78 is 13.2. The number of anilines is 1. The van der Waals surface area contributed by atoms with E-state index in [1.807, 2.05) is 24.3 Å². The van der Waals surface area contributed by atoms with Gasteiger partial charge in [-0.1, -0.05) is 32.8 Å². The van der Waals surface area contributed by atoms with E-state index >= 15 is 0 Å². The molecule has 0 amide bonds. The van der Waals surface area contributed by atoms with E-state index in [0.717, 1.165) is 42.3 Å². The number of unbranched alkanes of at least 4 members (excludes halogenated alkanes) is 2. The van der Waals surface area contributed by atoms with Gasteiger partial charge in [0.1, 0.15) is 0 Å². The second-order valence-electron chi connectivity index (χ2n) is 6.28. The molecule has 0 aliphatic rings. The average Bonchev–Trinajstić information content (AvgIpc) is 2.66. The molecule has 2 rings (SSSR count). The molecule has 1 aromatic heterocycles. The molecule has 1 heterocycles. The number of nitrogens with one attached hydrogen (secondary N) is 1. The Hall–Kier alpha value is -2.43. The van der Waals surface area contributed by atoms with Crippen molar-refractivity contribution in [3.8, 4) is 11.5 Å². The van der Waals surface area contributed by atoms with Crippen LogP contribution in [0.1, 0.15) is 39.5 Å². The fourth-order valence-electron chi connectivity index (χ4n) is 2.88. The van der Waals surface area contributed by atoms with Gasteiger partial charge < -0.3 is 19.4 Å². The summed E-state index contributed by atoms with van der Waals surface area (Å²) in [6.07, 6.45) is 5.71. The molecule has 0 bridgehead atoms. The topological polar surface area (TPSA) is 52.5 Å². The third kappa shape index (κ3) is 4.40. The Morgan fingerprint density at radius 3 is 2.62 bits per heavy atom. The molecule has 2 aromatic rings. The van der Waals surface area contributed by atoms with Crippen LogP contribution in [-0.4, -0.2) is 24.8 Å². The summed E-state index contributed by atoms with van der Waals surface area (Å²) >= 11 is 0. The first-order valence-electron chi connectivity index (χ1n) is 9.40. The Morgan fingerprint density at radius 2 is 1.96 bits per heavy atom. The first kappa shape index (κ1) is 19.9. The van der Waals surface area contributed by atoms with Gasteiger partial charge in [0, 0.05) is 24.2 Å². The highest BCUT2D eigenvalue weighted by Crippen LogP contribution is 2.34. The van der Waals surface area contributed by atoms with E-state index < -0.39 is 0 Å². The lowest BCUT2D eigenvalue weighted by atomic mass is 10.1. The van der Waals surface area contributed by atoms with E-state index in [-0.39, 0.29) is 11.3 Å². The molecule has 0 fully saturated rings. The molecule has 0 unspecified atom stereocenters. The molecule has 26 heavy (non-hydrogen) atoms. The van der Waals surface area contributed by atoms with Crippen molar-refractivity contribution in [2.75, 3.05) is 25.6 Å². The molecule has 1 N–H and O–H groups in total. The van der Waals surface area contributed by atoms with E-state index in [4.69, 9.17) is 9.47 Å². The van der Waals surface area contributed by atoms with Gasteiger partial charge in [-0.2, -0.15) is 0 Å². The third-order valence-electron chi connectivity index (χ3n) is 4.31. The van der Waals surface area contributed by atoms with Crippen molar-refractivity contribution in [1.29, 1.82) is 0 Å². The minimum atomic E-state index is -0.138. The molecule has 0 aliphatic carbocycles. The Bertz CT molecular complexity index is 796. The van der Waals surface area contributed by atoms with E-state index in [1.54, 1.807) is 4.57 Å². The molecule has 0 atom stereocenters. The van der Waals surface area contributed by atoms with Crippen molar-refractivity contribution >= 4 is 16.6 Å². The van der Waals surface area contributed by atoms with Crippen molar-refractivity contribution in [2.45, 2.75) is 46.1 Å². The van der Waals surface area contributed by atoms with Gasteiger partial charge >= 0.3 is 0 Å². The maximum atomic E-state index is 13.0. The van der Waals surface area contributed by atoms with Crippen LogP contribution in [0, 0.1) is 0 Å². The Morgan fingerprint density at radius 1 is 1.19 bits per heavy atom. The van der Waals surface area contributed by atoms with Gasteiger partial charge in [0.2, 0.25) is 5.75 Å². The Labute approximate surface area is 155 Å². The molecule has 0 saturated heterocycles. The van der Waals surface area contributed by atoms with Crippen molar-refractivity contribution in [1.82, 2.24) is 4.57 Å². The summed E-state index contributed by atoms with van der Waals surface area (Å²) in [6.45, 7) is 9.85. The number of methoxy groups -OCH3 is 1. The highest BCUT2D eigenvalue weighted by atomic mass is 16.5. The molecule has 0 radical (unpaired) electrons. The first-order valence-corrected chi connectivity index (χ1v) is 9.40. The zero-order valence-corrected chi connectivity index (χ0v) is 16.1. The first-order chi connectivity index (χ1) is 12.7. The maximum Gasteiger partial charge on any atom is 0.297 e. The number of hydrogen-bond donors (Lipinski definition) is 1. The van der Waals surface area contributed by atoms with Crippen molar-refractivity contribution in [3.05, 3.63) is 41.2 Å². The number of benzene rings is 1. The number of rotatable bonds is 11. The third-order valence-corrected chi connectivity index (χ3v) is 4.31. The minimum Gasteiger partial charge on any atom is -0.489 e. The van der Waals surface area contributed by atoms with Gasteiger partial charge in [-0.3, -0.25) is 4.79 Å². The number of pyridine rings is 1. The second kappa shape index (κ2) is 9.90. The predicted molar refractivity (Wildman–Crippen MR) is 109 cm³/mol. The number of ether oxygens (including phenoxy) is 2. The van der Waals surface area contributed by atoms with Gasteiger partial charge in [-0.15, -0.1) is 6.58 Å². The minimum absolute atomic E-state index is 0.138. The number of nitrogens with zero attached hydrogens (tertiary/aromatic N) is 1. The smallest absolute Gasteiger partial charge is 0.297 e. The van der Waals surface area contributed by atoms with Crippen LogP contribution in [0.3, 0.4) is 0 Å². The molecular weight excluding hydrogens is 328 g/mol. The predicted octanol–water partition coefficient (Wildman–Crippen LogP) is 4.59. The van der Waals surface area contributed by atoms with Gasteiger partial charge in [0.15, 0.2) is 5.75 Å². The fourth-order valence-corrected chi connectivity index (χ4v) is 2.88. The molecular formula is C21H30N2O3. The number of aromatic nitrogens is 1. The highest BCUT2D eigenvalue weighted by Gasteiger charge is 2.19. The van der Waals surface area contributed by atoms with Crippen LogP contribution in [0.15, 0.2) is 35.6 Å². The molecule has 0 aliphatic heterocycles. The van der Waals surface area contributed by atoms with Crippen LogP contribution < -0.4 is 20.3 Å². The van der Waals surface area contributed by atoms with E-state index in [9.17, 15) is 4.79 Å². The standard InChI is InChI=1S/C21H30N2O3/c1-5-8-13-23-18-15-16(22-12-7-3)10-11-17(18)19(26-14-9-6-2)20(25-4)21(23)24/h7,10-11,15,22H,3,5-6,8-9,12-14H2,1-2,4H3. The lowest BCUT2D eigenvalue weighted by Crippen LogP contribution is -2.23. The summed E-state index contributed by atoms with van der Waals surface area (Å²) in [5.41, 5.74) is 1.68. The quantitative estimate of drug-likeness (QED) is 0.472. The van der Waals surface area contributed by atoms with Gasteiger partial charge in [-0.05, 0) is 31.0 Å². The van der Waals surface area contributed by atoms with Gasteiger partial charge in [0.25, 0.3) is 5.56 Å². The molecule has 5 nitrogen and oxygen atoms in total. The number of aryl methyl sites for hydroxylation is 1. The zero-order chi connectivity index (χ0) is 18.9. The van der Waals surface area contributed by atoms with Crippen LogP contribution in [0.25, 0.3) is 10.9 Å². The molecule has 5 heteroatoms. The van der Waals surface area contributed by atoms with Crippen molar-refractivity contribution in [3.63, 3.8) is 0 Å². The summed E-state index contributed by atoms with van der Waals surface area (Å²) in [6, 6.07) is 5.99. The van der Waals surface area contributed by atoms with Crippen molar-refractivity contribution in [2.24, 2.45) is 0 Å². The fraction of sp³-hybridized carbons (Fsp3) is 0.476. The molecule has 0 spiro atoms. The monoisotopic (exact) mass is 358 g/mol. The Balaban J connectivity index is 2.64. The van der Waals surface area contributed by atoms with Gasteiger partial charge in [0.05, 0.1) is 19.2 Å². The van der Waals surface area contributed by atoms with Crippen LogP contribution in [0.5, 0.6) is 11.5 Å². The second-order valence-corrected chi connectivity index (χ2v) is 6.28. The van der Waals surface area contributed by atoms with Crippen molar-refractivity contribution < 1.29 is 9.47 Å². The largest absolute Gasteiger partial charge is 0.489 e.